The third-order valence-corrected chi connectivity index (χ3v) is 2.98. The van der Waals surface area contributed by atoms with E-state index in [2.05, 4.69) is 27.8 Å². The number of halogens is 2. The lowest BCUT2D eigenvalue weighted by Crippen LogP contribution is -2.27. The van der Waals surface area contributed by atoms with Crippen molar-refractivity contribution in [1.82, 2.24) is 5.32 Å². The molecule has 1 N–H and O–H groups in total. The Morgan fingerprint density at radius 2 is 2.13 bits per heavy atom. The highest BCUT2D eigenvalue weighted by atomic mass is 79.9. The monoisotopic (exact) mass is 271 g/mol. The number of benzene rings is 1. The summed E-state index contributed by atoms with van der Waals surface area (Å²) < 4.78 is 13.7. The second kappa shape index (κ2) is 5.42. The molecule has 0 heterocycles. The summed E-state index contributed by atoms with van der Waals surface area (Å²) in [5, 5.41) is 3.34. The van der Waals surface area contributed by atoms with Crippen molar-refractivity contribution in [3.05, 3.63) is 46.7 Å². The first kappa shape index (κ1) is 12.4. The molecule has 0 aliphatic heterocycles. The van der Waals surface area contributed by atoms with Crippen LogP contribution in [0.1, 0.15) is 25.5 Å². The van der Waals surface area contributed by atoms with Gasteiger partial charge in [0.1, 0.15) is 5.82 Å². The van der Waals surface area contributed by atoms with Gasteiger partial charge in [0.2, 0.25) is 0 Å². The smallest absolute Gasteiger partial charge is 0.124 e. The average molecular weight is 272 g/mol. The van der Waals surface area contributed by atoms with E-state index in [1.807, 2.05) is 19.9 Å². The van der Waals surface area contributed by atoms with E-state index in [4.69, 9.17) is 0 Å². The molecule has 3 heteroatoms. The van der Waals surface area contributed by atoms with Crippen molar-refractivity contribution in [1.29, 1.82) is 0 Å². The Kier molecular flexibility index (Phi) is 4.48. The Morgan fingerprint density at radius 1 is 1.47 bits per heavy atom. The van der Waals surface area contributed by atoms with Gasteiger partial charge < -0.3 is 5.32 Å². The molecular weight excluding hydrogens is 257 g/mol. The van der Waals surface area contributed by atoms with Gasteiger partial charge in [0, 0.05) is 16.6 Å². The van der Waals surface area contributed by atoms with E-state index in [9.17, 15) is 4.39 Å². The molecular formula is C12H15BrFN. The minimum absolute atomic E-state index is 0.160. The highest BCUT2D eigenvalue weighted by molar-refractivity contribution is 9.10. The molecule has 0 radical (unpaired) electrons. The van der Waals surface area contributed by atoms with Gasteiger partial charge in [-0.1, -0.05) is 28.1 Å². The highest BCUT2D eigenvalue weighted by Gasteiger charge is 2.10. The number of rotatable bonds is 4. The van der Waals surface area contributed by atoms with Crippen LogP contribution in [0.5, 0.6) is 0 Å². The Hall–Kier alpha value is -0.670. The normalized spacial score (nSPS) is 14.7. The maximum atomic E-state index is 12.9. The third kappa shape index (κ3) is 3.43. The van der Waals surface area contributed by atoms with Crippen molar-refractivity contribution >= 4 is 15.9 Å². The summed E-state index contributed by atoms with van der Waals surface area (Å²) in [4.78, 5) is 0. The Labute approximate surface area is 98.5 Å². The lowest BCUT2D eigenvalue weighted by Gasteiger charge is -2.18. The van der Waals surface area contributed by atoms with Crippen molar-refractivity contribution in [2.45, 2.75) is 25.9 Å². The molecule has 0 saturated carbocycles. The van der Waals surface area contributed by atoms with E-state index in [0.717, 1.165) is 10.0 Å². The molecule has 1 rings (SSSR count). The quantitative estimate of drug-likeness (QED) is 0.822. The van der Waals surface area contributed by atoms with Crippen LogP contribution in [0.15, 0.2) is 35.3 Å². The molecule has 0 amide bonds. The molecule has 2 atom stereocenters. The minimum Gasteiger partial charge on any atom is -0.304 e. The molecule has 82 valence electrons. The zero-order valence-electron chi connectivity index (χ0n) is 8.93. The second-order valence-electron chi connectivity index (χ2n) is 3.58. The van der Waals surface area contributed by atoms with Gasteiger partial charge in [0.15, 0.2) is 0 Å². The summed E-state index contributed by atoms with van der Waals surface area (Å²) in [7, 11) is 0. The lowest BCUT2D eigenvalue weighted by molar-refractivity contribution is 0.533. The lowest BCUT2D eigenvalue weighted by atomic mass is 10.1. The van der Waals surface area contributed by atoms with Gasteiger partial charge in [-0.3, -0.25) is 0 Å². The van der Waals surface area contributed by atoms with Crippen LogP contribution in [0.4, 0.5) is 4.39 Å². The van der Waals surface area contributed by atoms with Crippen LogP contribution in [0, 0.1) is 5.82 Å². The summed E-state index contributed by atoms with van der Waals surface area (Å²) >= 11 is 3.35. The first-order chi connectivity index (χ1) is 7.04. The van der Waals surface area contributed by atoms with Crippen molar-refractivity contribution in [3.63, 3.8) is 0 Å². The molecule has 2 unspecified atom stereocenters. The number of nitrogens with one attached hydrogen (secondary N) is 1. The van der Waals surface area contributed by atoms with E-state index < -0.39 is 0 Å². The first-order valence-corrected chi connectivity index (χ1v) is 5.67. The molecule has 0 aromatic heterocycles. The SMILES string of the molecule is C=CC(C)NC(C)c1ccc(F)cc1Br. The molecule has 0 aliphatic rings. The fourth-order valence-electron chi connectivity index (χ4n) is 1.40. The fraction of sp³-hybridized carbons (Fsp3) is 0.333. The van der Waals surface area contributed by atoms with E-state index in [1.165, 1.54) is 12.1 Å². The fourth-order valence-corrected chi connectivity index (χ4v) is 2.10. The van der Waals surface area contributed by atoms with Gasteiger partial charge in [0.25, 0.3) is 0 Å². The van der Waals surface area contributed by atoms with Gasteiger partial charge in [-0.25, -0.2) is 4.39 Å². The van der Waals surface area contributed by atoms with Gasteiger partial charge in [-0.05, 0) is 31.5 Å². The predicted octanol–water partition coefficient (Wildman–Crippen LogP) is 3.81. The van der Waals surface area contributed by atoms with Crippen molar-refractivity contribution in [2.75, 3.05) is 0 Å². The summed E-state index contributed by atoms with van der Waals surface area (Å²) in [6.07, 6.45) is 1.84. The topological polar surface area (TPSA) is 12.0 Å². The molecule has 0 spiro atoms. The molecule has 1 nitrogen and oxygen atoms in total. The van der Waals surface area contributed by atoms with Gasteiger partial charge in [-0.15, -0.1) is 6.58 Å². The molecule has 0 aliphatic carbocycles. The van der Waals surface area contributed by atoms with E-state index >= 15 is 0 Å². The van der Waals surface area contributed by atoms with Crippen molar-refractivity contribution in [3.8, 4) is 0 Å². The zero-order valence-corrected chi connectivity index (χ0v) is 10.5. The molecule has 1 aromatic rings. The molecule has 15 heavy (non-hydrogen) atoms. The maximum Gasteiger partial charge on any atom is 0.124 e. The largest absolute Gasteiger partial charge is 0.304 e. The molecule has 0 saturated heterocycles. The number of hydrogen-bond donors (Lipinski definition) is 1. The third-order valence-electron chi connectivity index (χ3n) is 2.30. The van der Waals surface area contributed by atoms with Crippen molar-refractivity contribution < 1.29 is 4.39 Å². The average Bonchev–Trinajstić information content (AvgIpc) is 2.17. The zero-order chi connectivity index (χ0) is 11.4. The van der Waals surface area contributed by atoms with Crippen molar-refractivity contribution in [2.24, 2.45) is 0 Å². The van der Waals surface area contributed by atoms with Crippen LogP contribution < -0.4 is 5.32 Å². The van der Waals surface area contributed by atoms with E-state index in [-0.39, 0.29) is 17.9 Å². The summed E-state index contributed by atoms with van der Waals surface area (Å²) in [5.41, 5.74) is 1.05. The highest BCUT2D eigenvalue weighted by Crippen LogP contribution is 2.24. The van der Waals surface area contributed by atoms with Crippen LogP contribution in [-0.2, 0) is 0 Å². The van der Waals surface area contributed by atoms with Gasteiger partial charge in [-0.2, -0.15) is 0 Å². The maximum absolute atomic E-state index is 12.9. The minimum atomic E-state index is -0.227. The van der Waals surface area contributed by atoms with E-state index in [1.54, 1.807) is 6.07 Å². The van der Waals surface area contributed by atoms with Crippen LogP contribution in [0.3, 0.4) is 0 Å². The van der Waals surface area contributed by atoms with Crippen LogP contribution in [0.25, 0.3) is 0 Å². The molecule has 1 aromatic carbocycles. The number of hydrogen-bond acceptors (Lipinski definition) is 1. The Bertz CT molecular complexity index is 351. The first-order valence-electron chi connectivity index (χ1n) is 4.88. The molecule has 0 fully saturated rings. The van der Waals surface area contributed by atoms with Crippen LogP contribution in [-0.4, -0.2) is 6.04 Å². The Balaban J connectivity index is 2.81. The van der Waals surface area contributed by atoms with E-state index in [0.29, 0.717) is 0 Å². The Morgan fingerprint density at radius 3 is 2.67 bits per heavy atom. The summed E-state index contributed by atoms with van der Waals surface area (Å²) in [5.74, 6) is -0.227. The second-order valence-corrected chi connectivity index (χ2v) is 4.43. The van der Waals surface area contributed by atoms with Crippen LogP contribution >= 0.6 is 15.9 Å². The van der Waals surface area contributed by atoms with Gasteiger partial charge >= 0.3 is 0 Å². The standard InChI is InChI=1S/C12H15BrFN/c1-4-8(2)15-9(3)11-6-5-10(14)7-12(11)13/h4-9,15H,1H2,2-3H3. The summed E-state index contributed by atoms with van der Waals surface area (Å²) in [6.45, 7) is 7.78. The predicted molar refractivity (Wildman–Crippen MR) is 65.3 cm³/mol. The molecule has 0 bridgehead atoms. The summed E-state index contributed by atoms with van der Waals surface area (Å²) in [6, 6.07) is 5.13. The van der Waals surface area contributed by atoms with Gasteiger partial charge in [0.05, 0.1) is 0 Å². The van der Waals surface area contributed by atoms with Crippen LogP contribution in [0.2, 0.25) is 0 Å².